The minimum Gasteiger partial charge on any atom is -0.463 e. The van der Waals surface area contributed by atoms with Crippen molar-refractivity contribution in [3.63, 3.8) is 0 Å². The zero-order valence-electron chi connectivity index (χ0n) is 16.0. The summed E-state index contributed by atoms with van der Waals surface area (Å²) < 4.78 is 5.13. The predicted molar refractivity (Wildman–Crippen MR) is 93.9 cm³/mol. The maximum Gasteiger partial charge on any atom is 0.338 e. The van der Waals surface area contributed by atoms with Crippen molar-refractivity contribution in [2.45, 2.75) is 52.6 Å². The Hall–Kier alpha value is -2.09. The molecule has 3 amide bonds. The number of hydrogen-bond donors (Lipinski definition) is 4. The maximum absolute atomic E-state index is 12.3. The second-order valence-corrected chi connectivity index (χ2v) is 7.28. The topological polar surface area (TPSA) is 101 Å². The molecule has 1 aliphatic rings. The average Bonchev–Trinajstić information content (AvgIpc) is 2.44. The van der Waals surface area contributed by atoms with Gasteiger partial charge < -0.3 is 25.6 Å². The van der Waals surface area contributed by atoms with E-state index in [1.807, 2.05) is 34.7 Å². The monoisotopic (exact) mass is 355 g/mol. The van der Waals surface area contributed by atoms with E-state index < -0.39 is 5.97 Å². The van der Waals surface area contributed by atoms with Gasteiger partial charge in [0.05, 0.1) is 31.0 Å². The summed E-state index contributed by atoms with van der Waals surface area (Å²) in [5.74, 6) is -0.528. The molecule has 142 valence electrons. The molecular weight excluding hydrogens is 324 g/mol. The molecule has 1 aliphatic heterocycles. The molecule has 1 heterocycles. The number of urea groups is 1. The molecule has 0 saturated heterocycles. The van der Waals surface area contributed by atoms with Crippen LogP contribution in [0.25, 0.3) is 0 Å². The molecule has 8 nitrogen and oxygen atoms in total. The Kier molecular flexibility index (Phi) is 7.41. The van der Waals surface area contributed by atoms with Crippen LogP contribution < -0.4 is 20.9 Å². The van der Waals surface area contributed by atoms with E-state index in [0.717, 1.165) is 4.90 Å². The third kappa shape index (κ3) is 6.74. The van der Waals surface area contributed by atoms with Crippen molar-refractivity contribution < 1.29 is 24.0 Å². The van der Waals surface area contributed by atoms with Crippen LogP contribution >= 0.6 is 0 Å². The fourth-order valence-corrected chi connectivity index (χ4v) is 2.70. The van der Waals surface area contributed by atoms with Gasteiger partial charge in [-0.15, -0.1) is 0 Å². The third-order valence-corrected chi connectivity index (χ3v) is 3.60. The Labute approximate surface area is 149 Å². The molecule has 25 heavy (non-hydrogen) atoms. The number of esters is 1. The number of ether oxygens (including phenoxy) is 1. The number of hydrogen-bond acceptors (Lipinski definition) is 4. The summed E-state index contributed by atoms with van der Waals surface area (Å²) >= 11 is 0. The Balaban J connectivity index is 2.93. The first-order valence-electron chi connectivity index (χ1n) is 8.67. The molecule has 0 bridgehead atoms. The Morgan fingerprint density at radius 1 is 1.28 bits per heavy atom. The Bertz CT molecular complexity index is 551. The van der Waals surface area contributed by atoms with Crippen LogP contribution in [-0.4, -0.2) is 56.2 Å². The summed E-state index contributed by atoms with van der Waals surface area (Å²) in [7, 11) is 1.84. The Morgan fingerprint density at radius 3 is 2.44 bits per heavy atom. The number of likely N-dealkylation sites (N-methyl/N-ethyl adjacent to an activating group) is 1. The second-order valence-electron chi connectivity index (χ2n) is 7.28. The first-order chi connectivity index (χ1) is 11.6. The lowest BCUT2D eigenvalue weighted by molar-refractivity contribution is -0.866. The number of quaternary nitrogens is 1. The van der Waals surface area contributed by atoms with Crippen LogP contribution in [0.2, 0.25) is 0 Å². The number of carbonyl (C=O) groups is 3. The lowest BCUT2D eigenvalue weighted by Crippen LogP contribution is -3.10. The lowest BCUT2D eigenvalue weighted by Gasteiger charge is -2.29. The summed E-state index contributed by atoms with van der Waals surface area (Å²) in [6, 6.07) is -0.735. The van der Waals surface area contributed by atoms with E-state index in [1.165, 1.54) is 0 Å². The molecule has 0 fully saturated rings. The number of rotatable bonds is 7. The fraction of sp³-hybridized carbons (Fsp3) is 0.706. The van der Waals surface area contributed by atoms with Gasteiger partial charge in [0, 0.05) is 5.54 Å². The minimum absolute atomic E-state index is 0.0874. The van der Waals surface area contributed by atoms with E-state index in [0.29, 0.717) is 24.2 Å². The summed E-state index contributed by atoms with van der Waals surface area (Å²) in [6.45, 7) is 10.2. The van der Waals surface area contributed by atoms with Gasteiger partial charge in [0.25, 0.3) is 5.91 Å². The van der Waals surface area contributed by atoms with E-state index >= 15 is 0 Å². The molecule has 2 atom stereocenters. The van der Waals surface area contributed by atoms with Crippen LogP contribution in [0.4, 0.5) is 4.79 Å². The van der Waals surface area contributed by atoms with Crippen molar-refractivity contribution in [1.82, 2.24) is 16.0 Å². The normalized spacial score (nSPS) is 19.0. The summed E-state index contributed by atoms with van der Waals surface area (Å²) in [5, 5.41) is 8.34. The molecule has 4 N–H and O–H groups in total. The quantitative estimate of drug-likeness (QED) is 0.455. The van der Waals surface area contributed by atoms with Crippen molar-refractivity contribution in [2.75, 3.05) is 26.7 Å². The van der Waals surface area contributed by atoms with Crippen molar-refractivity contribution >= 4 is 17.9 Å². The van der Waals surface area contributed by atoms with Gasteiger partial charge in [0.1, 0.15) is 6.54 Å². The van der Waals surface area contributed by atoms with E-state index in [9.17, 15) is 14.4 Å². The largest absolute Gasteiger partial charge is 0.463 e. The first-order valence-corrected chi connectivity index (χ1v) is 8.67. The molecule has 0 aromatic heterocycles. The highest BCUT2D eigenvalue weighted by atomic mass is 16.5. The van der Waals surface area contributed by atoms with Crippen LogP contribution in [0, 0.1) is 0 Å². The van der Waals surface area contributed by atoms with Crippen LogP contribution in [0.3, 0.4) is 0 Å². The highest BCUT2D eigenvalue weighted by Crippen LogP contribution is 2.16. The Morgan fingerprint density at radius 2 is 1.92 bits per heavy atom. The zero-order chi connectivity index (χ0) is 19.2. The molecule has 0 aromatic rings. The van der Waals surface area contributed by atoms with Gasteiger partial charge in [0.2, 0.25) is 0 Å². The van der Waals surface area contributed by atoms with Crippen molar-refractivity contribution in [1.29, 1.82) is 0 Å². The number of nitrogens with one attached hydrogen (secondary N) is 4. The molecule has 0 saturated carbocycles. The van der Waals surface area contributed by atoms with E-state index in [2.05, 4.69) is 16.0 Å². The summed E-state index contributed by atoms with van der Waals surface area (Å²) in [6.07, 6.45) is 0.578. The van der Waals surface area contributed by atoms with Gasteiger partial charge >= 0.3 is 12.0 Å². The van der Waals surface area contributed by atoms with Gasteiger partial charge in [-0.1, -0.05) is 6.92 Å². The standard InChI is InChI=1S/C17H30N4O4/c1-7-11-14(15(23)25-8-2)12(19-16(24)18-11)9-21(6)10-13(22)20-17(3,4)5/h11H,7-10H2,1-6H3,(H,20,22)(H2,18,19,24)/p+1/t11-/m1/s1. The molecule has 0 radical (unpaired) electrons. The maximum atomic E-state index is 12.3. The van der Waals surface area contributed by atoms with Gasteiger partial charge in [-0.05, 0) is 34.1 Å². The van der Waals surface area contributed by atoms with Crippen LogP contribution in [-0.2, 0) is 14.3 Å². The summed E-state index contributed by atoms with van der Waals surface area (Å²) in [5.41, 5.74) is 0.637. The zero-order valence-corrected chi connectivity index (χ0v) is 16.0. The first kappa shape index (κ1) is 21.0. The van der Waals surface area contributed by atoms with Crippen LogP contribution in [0.15, 0.2) is 11.3 Å². The molecule has 0 aromatic carbocycles. The highest BCUT2D eigenvalue weighted by molar-refractivity contribution is 5.94. The van der Waals surface area contributed by atoms with Crippen LogP contribution in [0.5, 0.6) is 0 Å². The SMILES string of the molecule is CCOC(=O)C1=C(C[NH+](C)CC(=O)NC(C)(C)C)NC(=O)N[C@@H]1CC. The van der Waals surface area contributed by atoms with Gasteiger partial charge in [-0.3, -0.25) is 4.79 Å². The number of amides is 3. The van der Waals surface area contributed by atoms with Crippen molar-refractivity contribution in [2.24, 2.45) is 0 Å². The molecule has 0 aliphatic carbocycles. The van der Waals surface area contributed by atoms with Gasteiger partial charge in [0.15, 0.2) is 6.54 Å². The number of carbonyl (C=O) groups excluding carboxylic acids is 3. The molecule has 1 unspecified atom stereocenters. The highest BCUT2D eigenvalue weighted by Gasteiger charge is 2.33. The van der Waals surface area contributed by atoms with Crippen molar-refractivity contribution in [3.8, 4) is 0 Å². The van der Waals surface area contributed by atoms with E-state index in [-0.39, 0.29) is 36.7 Å². The fourth-order valence-electron chi connectivity index (χ4n) is 2.70. The van der Waals surface area contributed by atoms with Crippen LogP contribution in [0.1, 0.15) is 41.0 Å². The minimum atomic E-state index is -0.441. The smallest absolute Gasteiger partial charge is 0.338 e. The molecule has 0 spiro atoms. The summed E-state index contributed by atoms with van der Waals surface area (Å²) in [4.78, 5) is 37.1. The second kappa shape index (κ2) is 8.84. The van der Waals surface area contributed by atoms with Gasteiger partial charge in [-0.2, -0.15) is 0 Å². The van der Waals surface area contributed by atoms with E-state index in [1.54, 1.807) is 6.92 Å². The average molecular weight is 355 g/mol. The van der Waals surface area contributed by atoms with Crippen molar-refractivity contribution in [3.05, 3.63) is 11.3 Å². The van der Waals surface area contributed by atoms with Gasteiger partial charge in [-0.25, -0.2) is 9.59 Å². The molecular formula is C17H31N4O4+. The third-order valence-electron chi connectivity index (χ3n) is 3.60. The van der Waals surface area contributed by atoms with E-state index in [4.69, 9.17) is 4.74 Å². The molecule has 8 heteroatoms. The lowest BCUT2D eigenvalue weighted by atomic mass is 10.00. The molecule has 1 rings (SSSR count). The predicted octanol–water partition coefficient (Wildman–Crippen LogP) is -0.676.